The van der Waals surface area contributed by atoms with E-state index in [-0.39, 0.29) is 39.8 Å². The zero-order chi connectivity index (χ0) is 22.2. The van der Waals surface area contributed by atoms with Gasteiger partial charge in [0.25, 0.3) is 9.05 Å². The maximum atomic E-state index is 12.3. The molecule has 1 aliphatic rings. The van der Waals surface area contributed by atoms with Crippen molar-refractivity contribution < 1.29 is 22.7 Å². The lowest BCUT2D eigenvalue weighted by molar-refractivity contribution is -0.134. The fourth-order valence-corrected chi connectivity index (χ4v) is 4.40. The molecule has 0 radical (unpaired) electrons. The number of carbonyl (C=O) groups excluding carboxylic acids is 2. The van der Waals surface area contributed by atoms with E-state index < -0.39 is 15.0 Å². The number of imidazole rings is 1. The maximum Gasteiger partial charge on any atom is 0.359 e. The molecule has 1 fully saturated rings. The van der Waals surface area contributed by atoms with Crippen molar-refractivity contribution in [3.8, 4) is 0 Å². The number of anilines is 1. The SMILES string of the molecule is CCOC(=O)c1nc(Cl)n2c(N3CCN(C(=O)C(C)C)CC3)cc(S(=O)(=O)Cl)cc12. The number of amides is 1. The molecule has 0 N–H and O–H groups in total. The summed E-state index contributed by atoms with van der Waals surface area (Å²) < 4.78 is 30.6. The molecule has 1 amide bonds. The van der Waals surface area contributed by atoms with E-state index in [9.17, 15) is 18.0 Å². The van der Waals surface area contributed by atoms with Gasteiger partial charge in [0.15, 0.2) is 5.69 Å². The van der Waals surface area contributed by atoms with Crippen molar-refractivity contribution in [2.75, 3.05) is 37.7 Å². The van der Waals surface area contributed by atoms with Crippen LogP contribution in [0.4, 0.5) is 5.82 Å². The summed E-state index contributed by atoms with van der Waals surface area (Å²) in [5.41, 5.74) is 0.0785. The minimum absolute atomic E-state index is 0.0118. The van der Waals surface area contributed by atoms with Crippen molar-refractivity contribution in [1.29, 1.82) is 0 Å². The van der Waals surface area contributed by atoms with Crippen LogP contribution in [0.1, 0.15) is 31.3 Å². The van der Waals surface area contributed by atoms with Gasteiger partial charge >= 0.3 is 5.97 Å². The molecule has 9 nitrogen and oxygen atoms in total. The Labute approximate surface area is 183 Å². The van der Waals surface area contributed by atoms with Crippen molar-refractivity contribution in [2.45, 2.75) is 25.7 Å². The summed E-state index contributed by atoms with van der Waals surface area (Å²) in [6, 6.07) is 2.63. The van der Waals surface area contributed by atoms with Crippen molar-refractivity contribution in [3.63, 3.8) is 0 Å². The standard InChI is InChI=1S/C18H22Cl2N4O5S/c1-4-29-17(26)15-13-9-12(30(20,27)28)10-14(24(13)18(19)21-15)22-5-7-23(8-6-22)16(25)11(2)3/h9-11H,4-8H2,1-3H3. The van der Waals surface area contributed by atoms with Gasteiger partial charge in [-0.3, -0.25) is 9.20 Å². The van der Waals surface area contributed by atoms with Gasteiger partial charge < -0.3 is 14.5 Å². The molecule has 0 saturated carbocycles. The number of ether oxygens (including phenoxy) is 1. The Bertz CT molecular complexity index is 1090. The first-order valence-electron chi connectivity index (χ1n) is 9.42. The lowest BCUT2D eigenvalue weighted by atomic mass is 10.1. The summed E-state index contributed by atoms with van der Waals surface area (Å²) in [4.78, 5) is 32.1. The lowest BCUT2D eigenvalue weighted by Crippen LogP contribution is -2.50. The number of fused-ring (bicyclic) bond motifs is 1. The van der Waals surface area contributed by atoms with Gasteiger partial charge in [-0.05, 0) is 30.7 Å². The summed E-state index contributed by atoms with van der Waals surface area (Å²) in [5, 5.41) is -0.0118. The van der Waals surface area contributed by atoms with Crippen LogP contribution in [0.3, 0.4) is 0 Å². The van der Waals surface area contributed by atoms with Crippen LogP contribution in [0, 0.1) is 5.92 Å². The number of esters is 1. The number of rotatable bonds is 5. The average molecular weight is 477 g/mol. The molecule has 0 spiro atoms. The molecule has 2 aromatic heterocycles. The highest BCUT2D eigenvalue weighted by molar-refractivity contribution is 8.13. The van der Waals surface area contributed by atoms with Gasteiger partial charge in [-0.25, -0.2) is 18.2 Å². The Morgan fingerprint density at radius 3 is 2.37 bits per heavy atom. The van der Waals surface area contributed by atoms with Crippen LogP contribution in [0.5, 0.6) is 0 Å². The van der Waals surface area contributed by atoms with Crippen molar-refractivity contribution in [3.05, 3.63) is 23.1 Å². The summed E-state index contributed by atoms with van der Waals surface area (Å²) >= 11 is 6.30. The van der Waals surface area contributed by atoms with Crippen molar-refractivity contribution in [2.24, 2.45) is 5.92 Å². The molecule has 1 aliphatic heterocycles. The third-order valence-electron chi connectivity index (χ3n) is 4.81. The number of hydrogen-bond acceptors (Lipinski definition) is 7. The smallest absolute Gasteiger partial charge is 0.359 e. The molecule has 0 aliphatic carbocycles. The molecule has 0 unspecified atom stereocenters. The second kappa shape index (κ2) is 8.60. The van der Waals surface area contributed by atoms with Gasteiger partial charge in [0.1, 0.15) is 5.82 Å². The van der Waals surface area contributed by atoms with E-state index in [1.165, 1.54) is 16.5 Å². The number of hydrogen-bond donors (Lipinski definition) is 0. The van der Waals surface area contributed by atoms with E-state index in [0.29, 0.717) is 32.0 Å². The van der Waals surface area contributed by atoms with Gasteiger partial charge in [0, 0.05) is 42.8 Å². The molecule has 30 heavy (non-hydrogen) atoms. The predicted octanol–water partition coefficient (Wildman–Crippen LogP) is 2.40. The first kappa shape index (κ1) is 22.6. The third-order valence-corrected chi connectivity index (χ3v) is 6.40. The van der Waals surface area contributed by atoms with Crippen LogP contribution in [-0.2, 0) is 18.6 Å². The Kier molecular flexibility index (Phi) is 6.49. The minimum atomic E-state index is -4.09. The summed E-state index contributed by atoms with van der Waals surface area (Å²) in [5.74, 6) is -0.355. The zero-order valence-electron chi connectivity index (χ0n) is 16.8. The van der Waals surface area contributed by atoms with E-state index in [1.807, 2.05) is 18.7 Å². The highest BCUT2D eigenvalue weighted by atomic mass is 35.7. The molecule has 0 bridgehead atoms. The van der Waals surface area contributed by atoms with Crippen LogP contribution in [0.2, 0.25) is 5.28 Å². The van der Waals surface area contributed by atoms with Crippen molar-refractivity contribution in [1.82, 2.24) is 14.3 Å². The number of piperazine rings is 1. The van der Waals surface area contributed by atoms with Crippen LogP contribution < -0.4 is 4.90 Å². The quantitative estimate of drug-likeness (QED) is 0.482. The normalized spacial score (nSPS) is 15.1. The first-order valence-corrected chi connectivity index (χ1v) is 12.1. The van der Waals surface area contributed by atoms with Gasteiger partial charge in [-0.15, -0.1) is 0 Å². The second-order valence-electron chi connectivity index (χ2n) is 7.12. The number of pyridine rings is 1. The Hall–Kier alpha value is -2.04. The molecule has 164 valence electrons. The Morgan fingerprint density at radius 2 is 1.83 bits per heavy atom. The maximum absolute atomic E-state index is 12.3. The zero-order valence-corrected chi connectivity index (χ0v) is 19.1. The molecule has 0 atom stereocenters. The monoisotopic (exact) mass is 476 g/mol. The third kappa shape index (κ3) is 4.35. The molecule has 1 saturated heterocycles. The summed E-state index contributed by atoms with van der Waals surface area (Å²) in [6.45, 7) is 7.29. The van der Waals surface area contributed by atoms with Crippen LogP contribution >= 0.6 is 22.3 Å². The van der Waals surface area contributed by atoms with Gasteiger partial charge in [0.2, 0.25) is 11.2 Å². The topological polar surface area (TPSA) is 101 Å². The first-order chi connectivity index (χ1) is 14.0. The molecule has 12 heteroatoms. The molecule has 2 aromatic rings. The molecule has 3 rings (SSSR count). The summed E-state index contributed by atoms with van der Waals surface area (Å²) in [7, 11) is 1.50. The van der Waals surface area contributed by atoms with Gasteiger partial charge in [-0.1, -0.05) is 13.8 Å². The number of carbonyl (C=O) groups is 2. The fourth-order valence-electron chi connectivity index (χ4n) is 3.37. The Morgan fingerprint density at radius 1 is 1.20 bits per heavy atom. The largest absolute Gasteiger partial charge is 0.461 e. The average Bonchev–Trinajstić information content (AvgIpc) is 3.03. The van der Waals surface area contributed by atoms with E-state index in [2.05, 4.69) is 4.98 Å². The summed E-state index contributed by atoms with van der Waals surface area (Å²) in [6.07, 6.45) is 0. The predicted molar refractivity (Wildman–Crippen MR) is 113 cm³/mol. The van der Waals surface area contributed by atoms with Crippen molar-refractivity contribution >= 4 is 54.5 Å². The van der Waals surface area contributed by atoms with E-state index in [1.54, 1.807) is 11.8 Å². The molecule has 3 heterocycles. The van der Waals surface area contributed by atoms with Gasteiger partial charge in [0.05, 0.1) is 17.0 Å². The number of nitrogens with zero attached hydrogens (tertiary/aromatic N) is 4. The number of halogens is 2. The van der Waals surface area contributed by atoms with Gasteiger partial charge in [-0.2, -0.15) is 0 Å². The van der Waals surface area contributed by atoms with E-state index in [0.717, 1.165) is 0 Å². The van der Waals surface area contributed by atoms with Crippen LogP contribution in [0.25, 0.3) is 5.52 Å². The minimum Gasteiger partial charge on any atom is -0.461 e. The molecular formula is C18H22Cl2N4O5S. The van der Waals surface area contributed by atoms with E-state index in [4.69, 9.17) is 27.0 Å². The van der Waals surface area contributed by atoms with Crippen LogP contribution in [-0.4, -0.2) is 67.4 Å². The molecule has 0 aromatic carbocycles. The van der Waals surface area contributed by atoms with Crippen LogP contribution in [0.15, 0.2) is 17.0 Å². The highest BCUT2D eigenvalue weighted by Gasteiger charge is 2.28. The fraction of sp³-hybridized carbons (Fsp3) is 0.500. The molecular weight excluding hydrogens is 455 g/mol. The highest BCUT2D eigenvalue weighted by Crippen LogP contribution is 2.31. The van der Waals surface area contributed by atoms with E-state index >= 15 is 0 Å². The lowest BCUT2D eigenvalue weighted by Gasteiger charge is -2.37. The second-order valence-corrected chi connectivity index (χ2v) is 10.0. The Balaban J connectivity index is 2.08. The number of aromatic nitrogens is 2.